The van der Waals surface area contributed by atoms with Gasteiger partial charge in [-0.1, -0.05) is 30.1 Å². The summed E-state index contributed by atoms with van der Waals surface area (Å²) in [4.78, 5) is 2.29. The molecule has 1 aromatic heterocycles. The molecule has 0 aliphatic carbocycles. The van der Waals surface area contributed by atoms with Crippen LogP contribution in [0.25, 0.3) is 0 Å². The summed E-state index contributed by atoms with van der Waals surface area (Å²) in [5, 5.41) is 11.3. The van der Waals surface area contributed by atoms with Gasteiger partial charge in [0.1, 0.15) is 0 Å². The lowest BCUT2D eigenvalue weighted by atomic mass is 10.2. The first-order valence-corrected chi connectivity index (χ1v) is 6.43. The maximum absolute atomic E-state index is 5.89. The maximum Gasteiger partial charge on any atom is 0.174 e. The van der Waals surface area contributed by atoms with Crippen molar-refractivity contribution >= 4 is 28.9 Å². The van der Waals surface area contributed by atoms with Crippen LogP contribution in [0.5, 0.6) is 0 Å². The fraction of sp³-hybridized carbons (Fsp3) is 0.636. The number of nitrogens with zero attached hydrogens (tertiary/aromatic N) is 3. The third-order valence-electron chi connectivity index (χ3n) is 2.84. The molecule has 1 N–H and O–H groups in total. The van der Waals surface area contributed by atoms with Crippen LogP contribution in [-0.2, 0) is 0 Å². The number of nitrogens with one attached hydrogen (secondary N) is 1. The van der Waals surface area contributed by atoms with Gasteiger partial charge in [0.05, 0.1) is 5.69 Å². The predicted octanol–water partition coefficient (Wildman–Crippen LogP) is 2.93. The summed E-state index contributed by atoms with van der Waals surface area (Å²) in [7, 11) is 2.11. The summed E-state index contributed by atoms with van der Waals surface area (Å²) in [5.41, 5.74) is 0.726. The lowest BCUT2D eigenvalue weighted by Crippen LogP contribution is -2.32. The molecule has 96 valence electrons. The molecule has 0 fully saturated rings. The number of anilines is 1. The fourth-order valence-corrected chi connectivity index (χ4v) is 1.68. The minimum atomic E-state index is 0.340. The van der Waals surface area contributed by atoms with Gasteiger partial charge in [-0.25, -0.2) is 0 Å². The van der Waals surface area contributed by atoms with Crippen molar-refractivity contribution in [2.24, 2.45) is 0 Å². The largest absolute Gasteiger partial charge is 0.381 e. The second-order valence-electron chi connectivity index (χ2n) is 4.04. The van der Waals surface area contributed by atoms with Crippen LogP contribution in [0.3, 0.4) is 0 Å². The van der Waals surface area contributed by atoms with Crippen LogP contribution in [0, 0.1) is 0 Å². The quantitative estimate of drug-likeness (QED) is 0.868. The van der Waals surface area contributed by atoms with Crippen molar-refractivity contribution in [2.45, 2.75) is 26.3 Å². The Bertz CT molecular complexity index is 359. The van der Waals surface area contributed by atoms with E-state index in [1.54, 1.807) is 6.07 Å². The van der Waals surface area contributed by atoms with E-state index in [-0.39, 0.29) is 0 Å². The van der Waals surface area contributed by atoms with E-state index in [0.717, 1.165) is 25.2 Å². The topological polar surface area (TPSA) is 41.0 Å². The van der Waals surface area contributed by atoms with Crippen LogP contribution < -0.4 is 5.32 Å². The minimum Gasteiger partial charge on any atom is -0.381 e. The van der Waals surface area contributed by atoms with E-state index in [4.69, 9.17) is 23.2 Å². The van der Waals surface area contributed by atoms with Gasteiger partial charge in [0, 0.05) is 25.2 Å². The third kappa shape index (κ3) is 4.66. The Hall–Kier alpha value is -0.580. The summed E-state index contributed by atoms with van der Waals surface area (Å²) in [5.74, 6) is 0. The number of hydrogen-bond acceptors (Lipinski definition) is 4. The van der Waals surface area contributed by atoms with Crippen molar-refractivity contribution in [1.82, 2.24) is 15.1 Å². The van der Waals surface area contributed by atoms with E-state index in [1.807, 2.05) is 0 Å². The first-order valence-electron chi connectivity index (χ1n) is 5.67. The minimum absolute atomic E-state index is 0.340. The van der Waals surface area contributed by atoms with Gasteiger partial charge in [-0.05, 0) is 20.4 Å². The van der Waals surface area contributed by atoms with E-state index in [2.05, 4.69) is 41.3 Å². The molecular formula is C11H18Cl2N4. The highest BCUT2D eigenvalue weighted by Crippen LogP contribution is 2.20. The molecular weight excluding hydrogens is 259 g/mol. The predicted molar refractivity (Wildman–Crippen MR) is 72.9 cm³/mol. The summed E-state index contributed by atoms with van der Waals surface area (Å²) < 4.78 is 0. The van der Waals surface area contributed by atoms with Crippen molar-refractivity contribution in [2.75, 3.05) is 25.5 Å². The molecule has 1 aromatic rings. The molecule has 0 aliphatic rings. The Balaban J connectivity index is 2.43. The van der Waals surface area contributed by atoms with Gasteiger partial charge in [0.15, 0.2) is 10.3 Å². The zero-order valence-electron chi connectivity index (χ0n) is 10.4. The number of halogens is 2. The van der Waals surface area contributed by atoms with Crippen LogP contribution >= 0.6 is 23.2 Å². The Morgan fingerprint density at radius 3 is 2.76 bits per heavy atom. The molecule has 1 atom stereocenters. The lowest BCUT2D eigenvalue weighted by molar-refractivity contribution is 0.261. The van der Waals surface area contributed by atoms with Gasteiger partial charge in [0.25, 0.3) is 0 Å². The molecule has 4 nitrogen and oxygen atoms in total. The van der Waals surface area contributed by atoms with Crippen LogP contribution in [-0.4, -0.2) is 41.3 Å². The highest BCUT2D eigenvalue weighted by atomic mass is 35.5. The highest BCUT2D eigenvalue weighted by molar-refractivity contribution is 6.33. The molecule has 0 saturated carbocycles. The molecule has 1 heterocycles. The standard InChI is InChI=1S/C11H18Cl2N4/c1-4-8(2)17(3)6-5-14-9-7-10(12)15-16-11(9)13/h7-8H,4-6H2,1-3H3,(H,14,15). The summed E-state index contributed by atoms with van der Waals surface area (Å²) in [6.07, 6.45) is 1.14. The number of hydrogen-bond donors (Lipinski definition) is 1. The Kier molecular flexibility index (Phi) is 5.95. The fourth-order valence-electron chi connectivity index (χ4n) is 1.38. The smallest absolute Gasteiger partial charge is 0.174 e. The van der Waals surface area contributed by atoms with E-state index < -0.39 is 0 Å². The third-order valence-corrected chi connectivity index (χ3v) is 3.31. The second kappa shape index (κ2) is 6.99. The van der Waals surface area contributed by atoms with Crippen LogP contribution in [0.4, 0.5) is 5.69 Å². The summed E-state index contributed by atoms with van der Waals surface area (Å²) >= 11 is 11.6. The van der Waals surface area contributed by atoms with Gasteiger partial charge >= 0.3 is 0 Å². The van der Waals surface area contributed by atoms with Gasteiger partial charge in [-0.15, -0.1) is 10.2 Å². The molecule has 1 unspecified atom stereocenters. The number of aromatic nitrogens is 2. The van der Waals surface area contributed by atoms with Gasteiger partial charge in [-0.3, -0.25) is 0 Å². The van der Waals surface area contributed by atoms with Crippen molar-refractivity contribution < 1.29 is 0 Å². The Morgan fingerprint density at radius 2 is 2.12 bits per heavy atom. The molecule has 0 saturated heterocycles. The first-order chi connectivity index (χ1) is 8.04. The first kappa shape index (κ1) is 14.5. The zero-order valence-corrected chi connectivity index (χ0v) is 11.9. The molecule has 17 heavy (non-hydrogen) atoms. The number of rotatable bonds is 6. The average Bonchev–Trinajstić information content (AvgIpc) is 2.32. The highest BCUT2D eigenvalue weighted by Gasteiger charge is 2.07. The van der Waals surface area contributed by atoms with Gasteiger partial charge < -0.3 is 10.2 Å². The van der Waals surface area contributed by atoms with Crippen molar-refractivity contribution in [3.05, 3.63) is 16.4 Å². The normalized spacial score (nSPS) is 12.8. The SMILES string of the molecule is CCC(C)N(C)CCNc1cc(Cl)nnc1Cl. The molecule has 0 aliphatic heterocycles. The molecule has 0 amide bonds. The summed E-state index contributed by atoms with van der Waals surface area (Å²) in [6, 6.07) is 2.26. The number of likely N-dealkylation sites (N-methyl/N-ethyl adjacent to an activating group) is 1. The maximum atomic E-state index is 5.89. The lowest BCUT2D eigenvalue weighted by Gasteiger charge is -2.23. The van der Waals surface area contributed by atoms with E-state index >= 15 is 0 Å². The summed E-state index contributed by atoms with van der Waals surface area (Å²) in [6.45, 7) is 6.11. The van der Waals surface area contributed by atoms with Gasteiger partial charge in [-0.2, -0.15) is 0 Å². The van der Waals surface area contributed by atoms with E-state index in [9.17, 15) is 0 Å². The van der Waals surface area contributed by atoms with Crippen molar-refractivity contribution in [3.8, 4) is 0 Å². The van der Waals surface area contributed by atoms with Crippen LogP contribution in [0.15, 0.2) is 6.07 Å². The van der Waals surface area contributed by atoms with Crippen molar-refractivity contribution in [1.29, 1.82) is 0 Å². The molecule has 0 bridgehead atoms. The average molecular weight is 277 g/mol. The van der Waals surface area contributed by atoms with E-state index in [0.29, 0.717) is 16.3 Å². The zero-order chi connectivity index (χ0) is 12.8. The van der Waals surface area contributed by atoms with Crippen LogP contribution in [0.1, 0.15) is 20.3 Å². The van der Waals surface area contributed by atoms with Crippen molar-refractivity contribution in [3.63, 3.8) is 0 Å². The Labute approximate surface area is 112 Å². The molecule has 6 heteroatoms. The van der Waals surface area contributed by atoms with Crippen LogP contribution in [0.2, 0.25) is 10.3 Å². The molecule has 1 rings (SSSR count). The van der Waals surface area contributed by atoms with Gasteiger partial charge in [0.2, 0.25) is 0 Å². The molecule has 0 spiro atoms. The van der Waals surface area contributed by atoms with E-state index in [1.165, 1.54) is 0 Å². The molecule has 0 aromatic carbocycles. The second-order valence-corrected chi connectivity index (χ2v) is 4.78. The molecule has 0 radical (unpaired) electrons. The Morgan fingerprint density at radius 1 is 1.41 bits per heavy atom. The monoisotopic (exact) mass is 276 g/mol.